The quantitative estimate of drug-likeness (QED) is 0.806. The molecule has 1 amide bonds. The van der Waals surface area contributed by atoms with E-state index in [1.54, 1.807) is 6.07 Å². The first-order valence-corrected chi connectivity index (χ1v) is 5.53. The summed E-state index contributed by atoms with van der Waals surface area (Å²) >= 11 is 0. The third kappa shape index (κ3) is 2.83. The van der Waals surface area contributed by atoms with Crippen LogP contribution < -0.4 is 10.6 Å². The number of amides is 1. The van der Waals surface area contributed by atoms with Gasteiger partial charge in [0.15, 0.2) is 0 Å². The molecule has 1 aromatic carbocycles. The number of benzene rings is 1. The van der Waals surface area contributed by atoms with Crippen LogP contribution >= 0.6 is 0 Å². The summed E-state index contributed by atoms with van der Waals surface area (Å²) in [5.41, 5.74) is 0.259. The molecule has 6 heteroatoms. The standard InChI is InChI=1S/C12H12FN3O2/c13-10-5-9(2-1-8(10)6-14)16-12(17)11-7-15-3-4-18-11/h1-2,5,11,15H,3-4,7H2,(H,16,17). The minimum Gasteiger partial charge on any atom is -0.366 e. The first kappa shape index (κ1) is 12.5. The van der Waals surface area contributed by atoms with Crippen LogP contribution in [0, 0.1) is 17.1 Å². The summed E-state index contributed by atoms with van der Waals surface area (Å²) in [5, 5.41) is 14.2. The van der Waals surface area contributed by atoms with Crippen molar-refractivity contribution in [1.29, 1.82) is 5.26 Å². The number of carbonyl (C=O) groups is 1. The smallest absolute Gasteiger partial charge is 0.254 e. The minimum atomic E-state index is -0.655. The van der Waals surface area contributed by atoms with E-state index >= 15 is 0 Å². The van der Waals surface area contributed by atoms with Gasteiger partial charge in [-0.2, -0.15) is 5.26 Å². The van der Waals surface area contributed by atoms with Crippen LogP contribution in [0.4, 0.5) is 10.1 Å². The molecular formula is C12H12FN3O2. The molecule has 1 saturated heterocycles. The molecule has 0 spiro atoms. The molecule has 2 N–H and O–H groups in total. The zero-order valence-electron chi connectivity index (χ0n) is 9.57. The predicted octanol–water partition coefficient (Wildman–Crippen LogP) is 0.624. The van der Waals surface area contributed by atoms with Crippen LogP contribution in [0.1, 0.15) is 5.56 Å². The number of nitriles is 1. The molecule has 1 aliphatic heterocycles. The molecule has 1 heterocycles. The molecule has 1 atom stereocenters. The van der Waals surface area contributed by atoms with Crippen LogP contribution in [0.3, 0.4) is 0 Å². The van der Waals surface area contributed by atoms with Gasteiger partial charge in [-0.15, -0.1) is 0 Å². The Morgan fingerprint density at radius 2 is 2.44 bits per heavy atom. The number of halogens is 1. The Bertz CT molecular complexity index is 493. The third-order valence-corrected chi connectivity index (χ3v) is 2.58. The van der Waals surface area contributed by atoms with Gasteiger partial charge in [0.2, 0.25) is 0 Å². The number of ether oxygens (including phenoxy) is 1. The van der Waals surface area contributed by atoms with Crippen LogP contribution in [0.15, 0.2) is 18.2 Å². The summed E-state index contributed by atoms with van der Waals surface area (Å²) < 4.78 is 18.6. The van der Waals surface area contributed by atoms with Gasteiger partial charge in [0.1, 0.15) is 18.0 Å². The van der Waals surface area contributed by atoms with Crippen molar-refractivity contribution in [2.24, 2.45) is 0 Å². The fraction of sp³-hybridized carbons (Fsp3) is 0.333. The molecule has 0 aliphatic carbocycles. The van der Waals surface area contributed by atoms with Gasteiger partial charge in [0.25, 0.3) is 5.91 Å². The van der Waals surface area contributed by atoms with E-state index in [-0.39, 0.29) is 11.5 Å². The van der Waals surface area contributed by atoms with E-state index in [0.29, 0.717) is 18.8 Å². The summed E-state index contributed by atoms with van der Waals surface area (Å²) in [6.45, 7) is 1.62. The maximum atomic E-state index is 13.3. The maximum Gasteiger partial charge on any atom is 0.254 e. The Hall–Kier alpha value is -1.97. The number of anilines is 1. The fourth-order valence-electron chi connectivity index (χ4n) is 1.64. The zero-order valence-corrected chi connectivity index (χ0v) is 9.57. The molecular weight excluding hydrogens is 237 g/mol. The molecule has 0 aromatic heterocycles. The van der Waals surface area contributed by atoms with E-state index in [9.17, 15) is 9.18 Å². The van der Waals surface area contributed by atoms with Crippen molar-refractivity contribution in [3.63, 3.8) is 0 Å². The highest BCUT2D eigenvalue weighted by atomic mass is 19.1. The molecule has 2 rings (SSSR count). The molecule has 1 aliphatic rings. The van der Waals surface area contributed by atoms with Crippen molar-refractivity contribution in [3.8, 4) is 6.07 Å². The molecule has 1 aromatic rings. The highest BCUT2D eigenvalue weighted by Gasteiger charge is 2.21. The SMILES string of the molecule is N#Cc1ccc(NC(=O)C2CNCCO2)cc1F. The Kier molecular flexibility index (Phi) is 3.87. The first-order chi connectivity index (χ1) is 8.70. The predicted molar refractivity (Wildman–Crippen MR) is 62.4 cm³/mol. The number of carbonyl (C=O) groups excluding carboxylic acids is 1. The second-order valence-electron chi connectivity index (χ2n) is 3.86. The number of rotatable bonds is 2. The van der Waals surface area contributed by atoms with Gasteiger partial charge in [-0.25, -0.2) is 4.39 Å². The van der Waals surface area contributed by atoms with E-state index in [1.165, 1.54) is 12.1 Å². The first-order valence-electron chi connectivity index (χ1n) is 5.53. The van der Waals surface area contributed by atoms with Crippen LogP contribution in [-0.2, 0) is 9.53 Å². The van der Waals surface area contributed by atoms with E-state index in [2.05, 4.69) is 10.6 Å². The van der Waals surface area contributed by atoms with Crippen LogP contribution in [-0.4, -0.2) is 31.7 Å². The van der Waals surface area contributed by atoms with E-state index in [1.807, 2.05) is 0 Å². The van der Waals surface area contributed by atoms with E-state index < -0.39 is 11.9 Å². The van der Waals surface area contributed by atoms with Gasteiger partial charge in [-0.1, -0.05) is 0 Å². The number of nitrogens with zero attached hydrogens (tertiary/aromatic N) is 1. The topological polar surface area (TPSA) is 74.2 Å². The summed E-state index contributed by atoms with van der Waals surface area (Å²) in [6, 6.07) is 5.64. The van der Waals surface area contributed by atoms with Gasteiger partial charge >= 0.3 is 0 Å². The summed E-state index contributed by atoms with van der Waals surface area (Å²) in [7, 11) is 0. The normalized spacial score (nSPS) is 19.0. The van der Waals surface area contributed by atoms with E-state index in [0.717, 1.165) is 12.6 Å². The Morgan fingerprint density at radius 3 is 3.06 bits per heavy atom. The van der Waals surface area contributed by atoms with Crippen molar-refractivity contribution in [1.82, 2.24) is 5.32 Å². The lowest BCUT2D eigenvalue weighted by Gasteiger charge is -2.22. The molecule has 18 heavy (non-hydrogen) atoms. The van der Waals surface area contributed by atoms with Gasteiger partial charge in [-0.05, 0) is 18.2 Å². The average molecular weight is 249 g/mol. The third-order valence-electron chi connectivity index (χ3n) is 2.58. The van der Waals surface area contributed by atoms with Gasteiger partial charge in [-0.3, -0.25) is 4.79 Å². The summed E-state index contributed by atoms with van der Waals surface area (Å²) in [5.74, 6) is -0.982. The molecule has 94 valence electrons. The van der Waals surface area contributed by atoms with Crippen molar-refractivity contribution < 1.29 is 13.9 Å². The van der Waals surface area contributed by atoms with Crippen LogP contribution in [0.25, 0.3) is 0 Å². The lowest BCUT2D eigenvalue weighted by atomic mass is 10.2. The van der Waals surface area contributed by atoms with Crippen molar-refractivity contribution in [2.45, 2.75) is 6.10 Å². The van der Waals surface area contributed by atoms with Gasteiger partial charge < -0.3 is 15.4 Å². The second kappa shape index (κ2) is 5.58. The van der Waals surface area contributed by atoms with Crippen molar-refractivity contribution in [2.75, 3.05) is 25.0 Å². The van der Waals surface area contributed by atoms with Crippen LogP contribution in [0.2, 0.25) is 0 Å². The molecule has 0 bridgehead atoms. The lowest BCUT2D eigenvalue weighted by molar-refractivity contribution is -0.128. The lowest BCUT2D eigenvalue weighted by Crippen LogP contribution is -2.45. The minimum absolute atomic E-state index is 0.0522. The number of morpholine rings is 1. The fourth-order valence-corrected chi connectivity index (χ4v) is 1.64. The number of hydrogen-bond acceptors (Lipinski definition) is 4. The monoisotopic (exact) mass is 249 g/mol. The van der Waals surface area contributed by atoms with Gasteiger partial charge in [0, 0.05) is 18.8 Å². The number of hydrogen-bond donors (Lipinski definition) is 2. The molecule has 0 radical (unpaired) electrons. The average Bonchev–Trinajstić information content (AvgIpc) is 2.40. The molecule has 1 unspecified atom stereocenters. The van der Waals surface area contributed by atoms with Crippen LogP contribution in [0.5, 0.6) is 0 Å². The van der Waals surface area contributed by atoms with Crippen molar-refractivity contribution in [3.05, 3.63) is 29.6 Å². The Balaban J connectivity index is 2.02. The summed E-state index contributed by atoms with van der Waals surface area (Å²) in [4.78, 5) is 11.8. The van der Waals surface area contributed by atoms with Crippen molar-refractivity contribution >= 4 is 11.6 Å². The molecule has 5 nitrogen and oxygen atoms in total. The second-order valence-corrected chi connectivity index (χ2v) is 3.86. The highest BCUT2D eigenvalue weighted by molar-refractivity contribution is 5.94. The van der Waals surface area contributed by atoms with Gasteiger partial charge in [0.05, 0.1) is 12.2 Å². The summed E-state index contributed by atoms with van der Waals surface area (Å²) in [6.07, 6.45) is -0.572. The Morgan fingerprint density at radius 1 is 1.61 bits per heavy atom. The molecule has 0 saturated carbocycles. The zero-order chi connectivity index (χ0) is 13.0. The molecule has 1 fully saturated rings. The van der Waals surface area contributed by atoms with E-state index in [4.69, 9.17) is 10.00 Å². The Labute approximate surface area is 104 Å². The largest absolute Gasteiger partial charge is 0.366 e. The number of nitrogens with one attached hydrogen (secondary N) is 2. The highest BCUT2D eigenvalue weighted by Crippen LogP contribution is 2.14. The maximum absolute atomic E-state index is 13.3.